The molecule has 0 saturated carbocycles. The maximum atomic E-state index is 13.4. The van der Waals surface area contributed by atoms with Gasteiger partial charge in [-0.15, -0.1) is 0 Å². The summed E-state index contributed by atoms with van der Waals surface area (Å²) in [5.74, 6) is 3.97. The van der Waals surface area contributed by atoms with Gasteiger partial charge in [0.2, 0.25) is 0 Å². The molecule has 0 bridgehead atoms. The summed E-state index contributed by atoms with van der Waals surface area (Å²) in [7, 11) is 3.16. The molecule has 0 atom stereocenters. The number of fused-ring (bicyclic) bond motifs is 4. The number of carbonyl (C=O) groups is 1. The van der Waals surface area contributed by atoms with Gasteiger partial charge in [0, 0.05) is 95.0 Å². The molecule has 22 nitrogen and oxygen atoms in total. The zero-order valence-corrected chi connectivity index (χ0v) is 43.6. The van der Waals surface area contributed by atoms with Crippen molar-refractivity contribution in [1.29, 1.82) is 0 Å². The highest BCUT2D eigenvalue weighted by Gasteiger charge is 2.32. The largest absolute Gasteiger partial charge is 0.495 e. The predicted molar refractivity (Wildman–Crippen MR) is 278 cm³/mol. The van der Waals surface area contributed by atoms with E-state index in [4.69, 9.17) is 33.2 Å². The Balaban J connectivity index is 0.000000187. The maximum absolute atomic E-state index is 13.4. The van der Waals surface area contributed by atoms with Gasteiger partial charge < -0.3 is 57.4 Å². The first-order chi connectivity index (χ1) is 36.4. The van der Waals surface area contributed by atoms with Gasteiger partial charge in [0.1, 0.15) is 17.1 Å². The van der Waals surface area contributed by atoms with Crippen LogP contribution in [0.25, 0.3) is 22.3 Å². The van der Waals surface area contributed by atoms with Gasteiger partial charge in [0.25, 0.3) is 11.1 Å². The lowest BCUT2D eigenvalue weighted by molar-refractivity contribution is 0.00530. The summed E-state index contributed by atoms with van der Waals surface area (Å²) in [6.07, 6.45) is 14.2. The molecule has 0 aliphatic carbocycles. The number of hydrogen-bond acceptors (Lipinski definition) is 19. The topological polar surface area (TPSA) is 225 Å². The van der Waals surface area contributed by atoms with Crippen molar-refractivity contribution >= 4 is 28.4 Å². The molecule has 4 aliphatic rings. The molecule has 6 aromatic heterocycles. The second-order valence-corrected chi connectivity index (χ2v) is 20.0. The zero-order valence-electron chi connectivity index (χ0n) is 43.6. The number of likely N-dealkylation sites (tertiary alicyclic amines) is 2. The third-order valence-corrected chi connectivity index (χ3v) is 13.6. The standard InChI is InChI=1S/C29H38N6O6.C24H30N6O4/c1-29(2,3)41-28(37)35(19-20-14-24-25(17-30-20)40-13-5-12-39-24)21-6-8-33(9-7-21)10-11-34-23-15-22(38-4)16-31-27(23)32-18-26(34)36;1-32-19-12-20-24(27-14-19)28-16-23(31)30(20)8-7-29-5-3-17(4-6-29)25-13-18-11-21-22(15-26-18)34-10-2-9-33-21/h14-18,21H,5-13,19H2,1-4H3;11-12,14-17,25H,2-10,13H2,1H3. The lowest BCUT2D eigenvalue weighted by Gasteiger charge is -2.39. The third kappa shape index (κ3) is 13.8. The minimum Gasteiger partial charge on any atom is -0.495 e. The Morgan fingerprint density at radius 3 is 1.59 bits per heavy atom. The third-order valence-electron chi connectivity index (χ3n) is 13.6. The number of nitrogens with one attached hydrogen (secondary N) is 1. The molecule has 22 heteroatoms. The highest BCUT2D eigenvalue weighted by Crippen LogP contribution is 2.32. The molecular weight excluding hydrogens is 965 g/mol. The molecule has 400 valence electrons. The van der Waals surface area contributed by atoms with Gasteiger partial charge in [0.15, 0.2) is 34.3 Å². The van der Waals surface area contributed by atoms with E-state index in [-0.39, 0.29) is 23.3 Å². The number of aromatic nitrogens is 8. The molecule has 2 saturated heterocycles. The van der Waals surface area contributed by atoms with Crippen LogP contribution in [0.15, 0.2) is 71.0 Å². The van der Waals surface area contributed by atoms with Crippen LogP contribution in [0.5, 0.6) is 34.5 Å². The number of piperidine rings is 2. The van der Waals surface area contributed by atoms with Crippen molar-refractivity contribution < 1.29 is 38.0 Å². The van der Waals surface area contributed by atoms with E-state index in [0.29, 0.717) is 111 Å². The van der Waals surface area contributed by atoms with E-state index in [0.717, 1.165) is 94.1 Å². The minimum atomic E-state index is -0.619. The summed E-state index contributed by atoms with van der Waals surface area (Å²) in [5, 5.41) is 3.63. The average molecular weight is 1030 g/mol. The molecule has 2 fully saturated rings. The number of rotatable bonds is 14. The van der Waals surface area contributed by atoms with Crippen molar-refractivity contribution in [2.24, 2.45) is 0 Å². The molecule has 75 heavy (non-hydrogen) atoms. The summed E-state index contributed by atoms with van der Waals surface area (Å²) < 4.78 is 42.8. The molecular formula is C53H68N12O10. The van der Waals surface area contributed by atoms with E-state index < -0.39 is 5.60 Å². The zero-order chi connectivity index (χ0) is 52.3. The van der Waals surface area contributed by atoms with E-state index in [1.807, 2.05) is 39.0 Å². The number of amides is 1. The number of carbonyl (C=O) groups excluding carboxylic acids is 1. The molecule has 1 N–H and O–H groups in total. The fourth-order valence-corrected chi connectivity index (χ4v) is 9.53. The SMILES string of the molecule is COc1cnc2ncc(=O)n(CCN3CCC(N(Cc4cc5c(cn4)OCCCO5)C(=O)OC(C)(C)C)CC3)c2c1.COc1cnc2ncc(=O)n(CCN3CCC(NCc4cc5c(cn4)OCCCO5)CC3)c2c1. The van der Waals surface area contributed by atoms with Gasteiger partial charge in [-0.3, -0.25) is 24.5 Å². The first-order valence-corrected chi connectivity index (χ1v) is 25.9. The van der Waals surface area contributed by atoms with Gasteiger partial charge in [-0.2, -0.15) is 0 Å². The van der Waals surface area contributed by atoms with Crippen molar-refractivity contribution in [2.45, 2.75) is 103 Å². The van der Waals surface area contributed by atoms with Crippen LogP contribution in [0.1, 0.15) is 70.7 Å². The first-order valence-electron chi connectivity index (χ1n) is 25.9. The normalized spacial score (nSPS) is 16.6. The van der Waals surface area contributed by atoms with Crippen molar-refractivity contribution in [3.8, 4) is 34.5 Å². The lowest BCUT2D eigenvalue weighted by Crippen LogP contribution is -2.49. The van der Waals surface area contributed by atoms with Crippen LogP contribution in [-0.4, -0.2) is 157 Å². The minimum absolute atomic E-state index is 0.0168. The van der Waals surface area contributed by atoms with Crippen LogP contribution >= 0.6 is 0 Å². The Hall–Kier alpha value is -7.17. The summed E-state index contributed by atoms with van der Waals surface area (Å²) >= 11 is 0. The molecule has 10 heterocycles. The second-order valence-electron chi connectivity index (χ2n) is 20.0. The van der Waals surface area contributed by atoms with Crippen molar-refractivity contribution in [3.63, 3.8) is 0 Å². The molecule has 4 aliphatic heterocycles. The monoisotopic (exact) mass is 1030 g/mol. The Bertz CT molecular complexity index is 3020. The van der Waals surface area contributed by atoms with Gasteiger partial charge in [-0.25, -0.2) is 24.7 Å². The average Bonchev–Trinajstić information content (AvgIpc) is 3.81. The van der Waals surface area contributed by atoms with Gasteiger partial charge in [0.05, 0.1) is 107 Å². The van der Waals surface area contributed by atoms with E-state index in [9.17, 15) is 14.4 Å². The molecule has 1 amide bonds. The van der Waals surface area contributed by atoms with Crippen LogP contribution in [0, 0.1) is 0 Å². The molecule has 0 unspecified atom stereocenters. The van der Waals surface area contributed by atoms with Gasteiger partial charge >= 0.3 is 6.09 Å². The number of hydrogen-bond donors (Lipinski definition) is 1. The summed E-state index contributed by atoms with van der Waals surface area (Å²) in [4.78, 5) is 70.9. The van der Waals surface area contributed by atoms with Crippen LogP contribution in [0.3, 0.4) is 0 Å². The molecule has 0 aromatic carbocycles. The fraction of sp³-hybridized carbons (Fsp3) is 0.528. The Kier molecular flexibility index (Phi) is 17.2. The maximum Gasteiger partial charge on any atom is 0.410 e. The summed E-state index contributed by atoms with van der Waals surface area (Å²) in [6, 6.07) is 7.86. The number of nitrogens with zero attached hydrogens (tertiary/aromatic N) is 11. The van der Waals surface area contributed by atoms with Crippen molar-refractivity contribution in [3.05, 3.63) is 93.5 Å². The van der Waals surface area contributed by atoms with Crippen molar-refractivity contribution in [1.82, 2.24) is 59.1 Å². The first kappa shape index (κ1) is 52.7. The molecule has 10 rings (SSSR count). The molecule has 0 radical (unpaired) electrons. The number of methoxy groups -OCH3 is 2. The fourth-order valence-electron chi connectivity index (χ4n) is 9.53. The Morgan fingerprint density at radius 2 is 1.08 bits per heavy atom. The smallest absolute Gasteiger partial charge is 0.410 e. The molecule has 0 spiro atoms. The highest BCUT2D eigenvalue weighted by molar-refractivity contribution is 5.72. The summed E-state index contributed by atoms with van der Waals surface area (Å²) in [6.45, 7) is 15.2. The van der Waals surface area contributed by atoms with Crippen LogP contribution in [-0.2, 0) is 30.9 Å². The number of ether oxygens (including phenoxy) is 7. The van der Waals surface area contributed by atoms with Crippen LogP contribution in [0.2, 0.25) is 0 Å². The molecule has 6 aromatic rings. The van der Waals surface area contributed by atoms with Crippen LogP contribution < -0.4 is 44.9 Å². The highest BCUT2D eigenvalue weighted by atomic mass is 16.6. The van der Waals surface area contributed by atoms with Gasteiger partial charge in [-0.05, 0) is 59.5 Å². The van der Waals surface area contributed by atoms with Crippen molar-refractivity contribution in [2.75, 3.05) is 79.9 Å². The van der Waals surface area contributed by atoms with E-state index in [1.54, 1.807) is 59.1 Å². The second kappa shape index (κ2) is 24.5. The quantitative estimate of drug-likeness (QED) is 0.154. The van der Waals surface area contributed by atoms with Gasteiger partial charge in [-0.1, -0.05) is 0 Å². The Morgan fingerprint density at radius 1 is 0.613 bits per heavy atom. The Labute approximate surface area is 435 Å². The number of pyridine rings is 4. The van der Waals surface area contributed by atoms with E-state index in [1.165, 1.54) is 12.4 Å². The van der Waals surface area contributed by atoms with E-state index >= 15 is 0 Å². The lowest BCUT2D eigenvalue weighted by atomic mass is 10.0. The van der Waals surface area contributed by atoms with E-state index in [2.05, 4.69) is 45.0 Å². The predicted octanol–water partition coefficient (Wildman–Crippen LogP) is 4.87. The van der Waals surface area contributed by atoms with Crippen LogP contribution in [0.4, 0.5) is 4.79 Å². The summed E-state index contributed by atoms with van der Waals surface area (Å²) in [5.41, 5.74) is 3.15.